The van der Waals surface area contributed by atoms with Crippen LogP contribution in [0.2, 0.25) is 0 Å². The number of pyridine rings is 1. The number of hydrogen-bond acceptors (Lipinski definition) is 4. The summed E-state index contributed by atoms with van der Waals surface area (Å²) in [7, 11) is 1.82. The van der Waals surface area contributed by atoms with Crippen molar-refractivity contribution in [3.8, 4) is 6.07 Å². The maximum atomic E-state index is 11.4. The van der Waals surface area contributed by atoms with E-state index in [1.807, 2.05) is 31.3 Å². The first-order valence-electron chi connectivity index (χ1n) is 6.41. The van der Waals surface area contributed by atoms with Crippen molar-refractivity contribution in [1.29, 1.82) is 5.26 Å². The molecule has 0 aliphatic carbocycles. The van der Waals surface area contributed by atoms with Crippen LogP contribution in [0.5, 0.6) is 0 Å². The highest BCUT2D eigenvalue weighted by atomic mass is 16.1. The summed E-state index contributed by atoms with van der Waals surface area (Å²) in [6.45, 7) is 0. The number of benzene rings is 1. The average Bonchev–Trinajstić information content (AvgIpc) is 2.92. The zero-order valence-corrected chi connectivity index (χ0v) is 11.4. The van der Waals surface area contributed by atoms with E-state index < -0.39 is 0 Å². The summed E-state index contributed by atoms with van der Waals surface area (Å²) in [5.41, 5.74) is 2.56. The summed E-state index contributed by atoms with van der Waals surface area (Å²) in [5, 5.41) is 8.99. The average molecular weight is 276 g/mol. The molecule has 0 amide bonds. The fourth-order valence-corrected chi connectivity index (χ4v) is 2.27. The molecule has 1 aromatic carbocycles. The lowest BCUT2D eigenvalue weighted by atomic mass is 10.2. The van der Waals surface area contributed by atoms with Gasteiger partial charge in [0.15, 0.2) is 12.1 Å². The lowest BCUT2D eigenvalue weighted by Crippen LogP contribution is -2.12. The summed E-state index contributed by atoms with van der Waals surface area (Å²) in [4.78, 5) is 17.7. The minimum absolute atomic E-state index is 0.482. The highest BCUT2D eigenvalue weighted by molar-refractivity contribution is 5.85. The molecule has 0 saturated heterocycles. The molecule has 5 nitrogen and oxygen atoms in total. The molecule has 0 saturated carbocycles. The zero-order chi connectivity index (χ0) is 14.8. The van der Waals surface area contributed by atoms with Crippen molar-refractivity contribution in [2.45, 2.75) is 0 Å². The van der Waals surface area contributed by atoms with E-state index in [4.69, 9.17) is 5.26 Å². The molecule has 5 heteroatoms. The Balaban J connectivity index is 2.15. The first-order valence-corrected chi connectivity index (χ1v) is 6.41. The van der Waals surface area contributed by atoms with Crippen molar-refractivity contribution in [3.63, 3.8) is 0 Å². The fraction of sp³-hybridized carbons (Fsp3) is 0.0625. The van der Waals surface area contributed by atoms with Crippen molar-refractivity contribution >= 4 is 23.4 Å². The summed E-state index contributed by atoms with van der Waals surface area (Å²) in [5.74, 6) is 0.561. The van der Waals surface area contributed by atoms with Gasteiger partial charge in [-0.15, -0.1) is 0 Å². The Kier molecular flexibility index (Phi) is 3.13. The molecule has 3 aromatic rings. The Morgan fingerprint density at radius 2 is 2.14 bits per heavy atom. The molecule has 0 aliphatic heterocycles. The molecular weight excluding hydrogens is 264 g/mol. The van der Waals surface area contributed by atoms with Crippen molar-refractivity contribution in [2.24, 2.45) is 0 Å². The normalized spacial score (nSPS) is 10.3. The smallest absolute Gasteiger partial charge is 0.170 e. The Morgan fingerprint density at radius 1 is 1.29 bits per heavy atom. The number of imidazole rings is 1. The molecule has 0 atom stereocenters. The third kappa shape index (κ3) is 2.13. The van der Waals surface area contributed by atoms with E-state index in [0.717, 1.165) is 12.0 Å². The van der Waals surface area contributed by atoms with Gasteiger partial charge in [0.05, 0.1) is 11.6 Å². The summed E-state index contributed by atoms with van der Waals surface area (Å²) in [6, 6.07) is 14.9. The molecule has 2 heterocycles. The van der Waals surface area contributed by atoms with Crippen LogP contribution in [0, 0.1) is 11.3 Å². The number of aromatic nitrogens is 2. The maximum Gasteiger partial charge on any atom is 0.170 e. The standard InChI is InChI=1S/C16H12N4O/c1-19(13-6-4-5-12(9-13)10-17)16-14(11-21)20-8-3-2-7-15(20)18-16/h2-9,11H,1H3. The van der Waals surface area contributed by atoms with Gasteiger partial charge in [-0.1, -0.05) is 12.1 Å². The van der Waals surface area contributed by atoms with E-state index >= 15 is 0 Å². The first-order chi connectivity index (χ1) is 10.2. The second kappa shape index (κ2) is 5.10. The van der Waals surface area contributed by atoms with Gasteiger partial charge in [-0.25, -0.2) is 4.98 Å². The predicted molar refractivity (Wildman–Crippen MR) is 79.8 cm³/mol. The monoisotopic (exact) mass is 276 g/mol. The van der Waals surface area contributed by atoms with Gasteiger partial charge in [0.2, 0.25) is 0 Å². The molecule has 2 aromatic heterocycles. The Hall–Kier alpha value is -3.13. The zero-order valence-electron chi connectivity index (χ0n) is 11.4. The Labute approximate surface area is 121 Å². The molecule has 0 spiro atoms. The second-order valence-corrected chi connectivity index (χ2v) is 4.59. The molecular formula is C16H12N4O. The number of aldehydes is 1. The third-order valence-corrected chi connectivity index (χ3v) is 3.34. The van der Waals surface area contributed by atoms with E-state index in [2.05, 4.69) is 11.1 Å². The highest BCUT2D eigenvalue weighted by Gasteiger charge is 2.16. The van der Waals surface area contributed by atoms with E-state index in [1.165, 1.54) is 0 Å². The Morgan fingerprint density at radius 3 is 2.90 bits per heavy atom. The fourth-order valence-electron chi connectivity index (χ4n) is 2.27. The molecule has 0 unspecified atom stereocenters. The van der Waals surface area contributed by atoms with Crippen LogP contribution in [0.4, 0.5) is 11.5 Å². The molecule has 0 N–H and O–H groups in total. The van der Waals surface area contributed by atoms with Crippen LogP contribution >= 0.6 is 0 Å². The molecule has 21 heavy (non-hydrogen) atoms. The lowest BCUT2D eigenvalue weighted by Gasteiger charge is -2.17. The van der Waals surface area contributed by atoms with Crippen LogP contribution in [0.15, 0.2) is 48.7 Å². The number of carbonyl (C=O) groups excluding carboxylic acids is 1. The SMILES string of the molecule is CN(c1cccc(C#N)c1)c1nc2ccccn2c1C=O. The van der Waals surface area contributed by atoms with Crippen LogP contribution in [-0.2, 0) is 0 Å². The van der Waals surface area contributed by atoms with Crippen LogP contribution < -0.4 is 4.90 Å². The van der Waals surface area contributed by atoms with Gasteiger partial charge in [-0.05, 0) is 30.3 Å². The molecule has 0 fully saturated rings. The third-order valence-electron chi connectivity index (χ3n) is 3.34. The predicted octanol–water partition coefficient (Wildman–Crippen LogP) is 2.79. The van der Waals surface area contributed by atoms with Crippen LogP contribution in [0.25, 0.3) is 5.65 Å². The van der Waals surface area contributed by atoms with Gasteiger partial charge >= 0.3 is 0 Å². The number of hydrogen-bond donors (Lipinski definition) is 0. The Bertz CT molecular complexity index is 860. The highest BCUT2D eigenvalue weighted by Crippen LogP contribution is 2.26. The summed E-state index contributed by atoms with van der Waals surface area (Å²) >= 11 is 0. The first kappa shape index (κ1) is 12.9. The molecule has 3 rings (SSSR count). The largest absolute Gasteiger partial charge is 0.328 e. The van der Waals surface area contributed by atoms with Crippen molar-refractivity contribution in [2.75, 3.05) is 11.9 Å². The number of anilines is 2. The van der Waals surface area contributed by atoms with Crippen LogP contribution in [-0.4, -0.2) is 22.7 Å². The van der Waals surface area contributed by atoms with Crippen molar-refractivity contribution in [3.05, 3.63) is 59.9 Å². The maximum absolute atomic E-state index is 11.4. The molecule has 0 aliphatic rings. The summed E-state index contributed by atoms with van der Waals surface area (Å²) in [6.07, 6.45) is 2.59. The topological polar surface area (TPSA) is 61.4 Å². The molecule has 0 bridgehead atoms. The van der Waals surface area contributed by atoms with Gasteiger partial charge in [-0.3, -0.25) is 9.20 Å². The van der Waals surface area contributed by atoms with Crippen LogP contribution in [0.1, 0.15) is 16.1 Å². The van der Waals surface area contributed by atoms with Gasteiger partial charge < -0.3 is 4.90 Å². The van der Waals surface area contributed by atoms with E-state index in [-0.39, 0.29) is 0 Å². The van der Waals surface area contributed by atoms with Crippen molar-refractivity contribution in [1.82, 2.24) is 9.38 Å². The van der Waals surface area contributed by atoms with Gasteiger partial charge in [0.25, 0.3) is 0 Å². The van der Waals surface area contributed by atoms with Gasteiger partial charge in [-0.2, -0.15) is 5.26 Å². The number of nitrogens with zero attached hydrogens (tertiary/aromatic N) is 4. The molecule has 102 valence electrons. The number of nitriles is 1. The lowest BCUT2D eigenvalue weighted by molar-refractivity contribution is 0.111. The van der Waals surface area contributed by atoms with Gasteiger partial charge in [0.1, 0.15) is 11.3 Å². The summed E-state index contributed by atoms with van der Waals surface area (Å²) < 4.78 is 1.74. The van der Waals surface area contributed by atoms with Crippen molar-refractivity contribution < 1.29 is 4.79 Å². The number of carbonyl (C=O) groups is 1. The van der Waals surface area contributed by atoms with E-state index in [1.54, 1.807) is 33.7 Å². The van der Waals surface area contributed by atoms with E-state index in [9.17, 15) is 4.79 Å². The minimum Gasteiger partial charge on any atom is -0.328 e. The quantitative estimate of drug-likeness (QED) is 0.690. The molecule has 0 radical (unpaired) electrons. The minimum atomic E-state index is 0.482. The van der Waals surface area contributed by atoms with Crippen LogP contribution in [0.3, 0.4) is 0 Å². The number of rotatable bonds is 3. The van der Waals surface area contributed by atoms with Gasteiger partial charge in [0, 0.05) is 18.9 Å². The number of fused-ring (bicyclic) bond motifs is 1. The van der Waals surface area contributed by atoms with E-state index in [0.29, 0.717) is 22.7 Å². The second-order valence-electron chi connectivity index (χ2n) is 4.59.